The van der Waals surface area contributed by atoms with Gasteiger partial charge in [0.25, 0.3) is 5.91 Å². The van der Waals surface area contributed by atoms with E-state index in [0.717, 1.165) is 31.5 Å². The Kier molecular flexibility index (Phi) is 8.64. The molecule has 1 heterocycles. The van der Waals surface area contributed by atoms with Gasteiger partial charge in [0.05, 0.1) is 10.9 Å². The molecule has 1 unspecified atom stereocenters. The topological polar surface area (TPSA) is 81.7 Å². The quantitative estimate of drug-likeness (QED) is 0.587. The minimum atomic E-state index is -3.59. The lowest BCUT2D eigenvalue weighted by Crippen LogP contribution is -2.45. The van der Waals surface area contributed by atoms with Crippen molar-refractivity contribution in [3.05, 3.63) is 65.7 Å². The molecule has 0 saturated carbocycles. The van der Waals surface area contributed by atoms with Crippen LogP contribution >= 0.6 is 0 Å². The Morgan fingerprint density at radius 3 is 2.24 bits per heavy atom. The van der Waals surface area contributed by atoms with Gasteiger partial charge in [-0.3, -0.25) is 4.79 Å². The number of likely N-dealkylation sites (tertiary alicyclic amines) is 1. The van der Waals surface area contributed by atoms with Crippen molar-refractivity contribution in [2.45, 2.75) is 49.7 Å². The van der Waals surface area contributed by atoms with Crippen molar-refractivity contribution in [2.75, 3.05) is 33.7 Å². The van der Waals surface area contributed by atoms with Crippen LogP contribution in [-0.4, -0.2) is 69.9 Å². The first kappa shape index (κ1) is 25.4. The summed E-state index contributed by atoms with van der Waals surface area (Å²) in [4.78, 5) is 17.9. The zero-order valence-corrected chi connectivity index (χ0v) is 20.8. The highest BCUT2D eigenvalue weighted by Crippen LogP contribution is 2.20. The lowest BCUT2D eigenvalue weighted by molar-refractivity contribution is 0.0905. The van der Waals surface area contributed by atoms with Gasteiger partial charge in [-0.15, -0.1) is 0 Å². The molecule has 0 aromatic heterocycles. The zero-order chi connectivity index (χ0) is 24.0. The highest BCUT2D eigenvalue weighted by atomic mass is 32.2. The highest BCUT2D eigenvalue weighted by Gasteiger charge is 2.25. The third kappa shape index (κ3) is 7.11. The number of carbonyl (C=O) groups excluding carboxylic acids is 1. The first-order valence-corrected chi connectivity index (χ1v) is 13.0. The first-order chi connectivity index (χ1) is 15.7. The maximum absolute atomic E-state index is 13.1. The summed E-state index contributed by atoms with van der Waals surface area (Å²) in [6, 6.07) is 16.2. The van der Waals surface area contributed by atoms with Gasteiger partial charge >= 0.3 is 0 Å². The molecular formula is C25H36N4O3S. The molecule has 0 spiro atoms. The normalized spacial score (nSPS) is 16.8. The van der Waals surface area contributed by atoms with E-state index < -0.39 is 10.0 Å². The number of piperidine rings is 1. The third-order valence-electron chi connectivity index (χ3n) is 6.11. The Bertz CT molecular complexity index is 1000. The number of hydrogen-bond donors (Lipinski definition) is 2. The van der Waals surface area contributed by atoms with E-state index in [4.69, 9.17) is 0 Å². The van der Waals surface area contributed by atoms with Crippen LogP contribution < -0.4 is 10.0 Å². The summed E-state index contributed by atoms with van der Waals surface area (Å²) in [5.41, 5.74) is 1.48. The number of hydrogen-bond acceptors (Lipinski definition) is 5. The van der Waals surface area contributed by atoms with Crippen LogP contribution in [0.5, 0.6) is 0 Å². The molecule has 0 bridgehead atoms. The van der Waals surface area contributed by atoms with E-state index in [0.29, 0.717) is 18.2 Å². The number of nitrogens with one attached hydrogen (secondary N) is 2. The molecule has 2 aromatic carbocycles. The average molecular weight is 473 g/mol. The summed E-state index contributed by atoms with van der Waals surface area (Å²) in [6.07, 6.45) is 2.23. The summed E-state index contributed by atoms with van der Waals surface area (Å²) in [7, 11) is 0.684. The highest BCUT2D eigenvalue weighted by molar-refractivity contribution is 7.89. The van der Waals surface area contributed by atoms with Crippen LogP contribution in [-0.2, 0) is 10.0 Å². The van der Waals surface area contributed by atoms with Gasteiger partial charge in [-0.05, 0) is 83.7 Å². The number of sulfonamides is 1. The van der Waals surface area contributed by atoms with Gasteiger partial charge in [-0.25, -0.2) is 13.1 Å². The number of likely N-dealkylation sites (N-methyl/N-ethyl adjacent to an activating group) is 1. The monoisotopic (exact) mass is 472 g/mol. The largest absolute Gasteiger partial charge is 0.344 e. The fraction of sp³-hybridized carbons (Fsp3) is 0.480. The van der Waals surface area contributed by atoms with E-state index in [9.17, 15) is 13.2 Å². The van der Waals surface area contributed by atoms with Crippen molar-refractivity contribution >= 4 is 15.9 Å². The second-order valence-corrected chi connectivity index (χ2v) is 10.9. The third-order valence-corrected chi connectivity index (χ3v) is 7.78. The smallest absolute Gasteiger partial charge is 0.251 e. The molecule has 1 aliphatic heterocycles. The number of benzene rings is 2. The Hall–Kier alpha value is -2.26. The van der Waals surface area contributed by atoms with Gasteiger partial charge in [-0.2, -0.15) is 0 Å². The molecule has 8 heteroatoms. The number of nitrogens with zero attached hydrogens (tertiary/aromatic N) is 2. The molecule has 2 N–H and O–H groups in total. The van der Waals surface area contributed by atoms with Gasteiger partial charge in [0.15, 0.2) is 0 Å². The minimum Gasteiger partial charge on any atom is -0.344 e. The number of carbonyl (C=O) groups is 1. The fourth-order valence-corrected chi connectivity index (χ4v) is 5.45. The van der Waals surface area contributed by atoms with E-state index in [-0.39, 0.29) is 22.9 Å². The lowest BCUT2D eigenvalue weighted by Gasteiger charge is -2.37. The molecule has 1 amide bonds. The maximum atomic E-state index is 13.1. The van der Waals surface area contributed by atoms with Crippen molar-refractivity contribution in [3.8, 4) is 0 Å². The molecule has 1 atom stereocenters. The van der Waals surface area contributed by atoms with Crippen molar-refractivity contribution in [2.24, 2.45) is 0 Å². The fourth-order valence-electron chi connectivity index (χ4n) is 4.20. The second-order valence-electron chi connectivity index (χ2n) is 9.21. The van der Waals surface area contributed by atoms with Crippen molar-refractivity contribution in [1.82, 2.24) is 19.8 Å². The summed E-state index contributed by atoms with van der Waals surface area (Å²) in [6.45, 7) is 6.41. The number of amides is 1. The van der Waals surface area contributed by atoms with Gasteiger partial charge in [0.2, 0.25) is 10.0 Å². The predicted molar refractivity (Wildman–Crippen MR) is 132 cm³/mol. The zero-order valence-electron chi connectivity index (χ0n) is 20.0. The van der Waals surface area contributed by atoms with Gasteiger partial charge in [0, 0.05) is 24.2 Å². The molecule has 0 radical (unpaired) electrons. The lowest BCUT2D eigenvalue weighted by atomic mass is 10.0. The van der Waals surface area contributed by atoms with Crippen LogP contribution in [0.3, 0.4) is 0 Å². The van der Waals surface area contributed by atoms with E-state index in [1.165, 1.54) is 12.1 Å². The van der Waals surface area contributed by atoms with E-state index >= 15 is 0 Å². The van der Waals surface area contributed by atoms with E-state index in [2.05, 4.69) is 33.9 Å². The molecule has 1 saturated heterocycles. The van der Waals surface area contributed by atoms with E-state index in [1.54, 1.807) is 26.0 Å². The SMILES string of the molecule is CC(C)NS(=O)(=O)c1ccc(C(=O)NC(CN(C)C2CCN(C)CC2)c2ccccc2)cc1. The average Bonchev–Trinajstić information content (AvgIpc) is 2.79. The first-order valence-electron chi connectivity index (χ1n) is 11.5. The molecular weight excluding hydrogens is 436 g/mol. The molecule has 33 heavy (non-hydrogen) atoms. The maximum Gasteiger partial charge on any atom is 0.251 e. The standard InChI is InChI=1S/C25H36N4O3S/c1-19(2)27-33(31,32)23-12-10-21(11-13-23)25(30)26-24(20-8-6-5-7-9-20)18-29(4)22-14-16-28(3)17-15-22/h5-13,19,22,24,27H,14-18H2,1-4H3,(H,26,30). The molecule has 7 nitrogen and oxygen atoms in total. The van der Waals surface area contributed by atoms with Gasteiger partial charge in [0.1, 0.15) is 0 Å². The molecule has 1 fully saturated rings. The summed E-state index contributed by atoms with van der Waals surface area (Å²) in [5.74, 6) is -0.221. The van der Waals surface area contributed by atoms with Crippen molar-refractivity contribution in [3.63, 3.8) is 0 Å². The summed E-state index contributed by atoms with van der Waals surface area (Å²) < 4.78 is 27.3. The summed E-state index contributed by atoms with van der Waals surface area (Å²) >= 11 is 0. The Balaban J connectivity index is 1.72. The Morgan fingerprint density at radius 2 is 1.67 bits per heavy atom. The minimum absolute atomic E-state index is 0.148. The predicted octanol–water partition coefficient (Wildman–Crippen LogP) is 2.87. The van der Waals surface area contributed by atoms with Crippen LogP contribution in [0.25, 0.3) is 0 Å². The molecule has 2 aromatic rings. The van der Waals surface area contributed by atoms with Gasteiger partial charge in [-0.1, -0.05) is 30.3 Å². The van der Waals surface area contributed by atoms with Crippen LogP contribution in [0.4, 0.5) is 0 Å². The molecule has 1 aliphatic rings. The molecule has 180 valence electrons. The summed E-state index contributed by atoms with van der Waals surface area (Å²) in [5, 5.41) is 3.16. The molecule has 3 rings (SSSR count). The number of rotatable bonds is 9. The second kappa shape index (κ2) is 11.2. The van der Waals surface area contributed by atoms with Crippen LogP contribution in [0.1, 0.15) is 48.7 Å². The van der Waals surface area contributed by atoms with Crippen molar-refractivity contribution < 1.29 is 13.2 Å². The molecule has 0 aliphatic carbocycles. The van der Waals surface area contributed by atoms with Crippen LogP contribution in [0, 0.1) is 0 Å². The van der Waals surface area contributed by atoms with E-state index in [1.807, 2.05) is 30.3 Å². The van der Waals surface area contributed by atoms with Crippen molar-refractivity contribution in [1.29, 1.82) is 0 Å². The van der Waals surface area contributed by atoms with Gasteiger partial charge < -0.3 is 15.1 Å². The van der Waals surface area contributed by atoms with Crippen LogP contribution in [0.15, 0.2) is 59.5 Å². The Morgan fingerprint density at radius 1 is 1.06 bits per heavy atom. The Labute approximate surface area is 198 Å². The van der Waals surface area contributed by atoms with Crippen LogP contribution in [0.2, 0.25) is 0 Å².